The van der Waals surface area contributed by atoms with Crippen LogP contribution in [0.25, 0.3) is 0 Å². The molecule has 0 saturated carbocycles. The van der Waals surface area contributed by atoms with E-state index in [1.54, 1.807) is 0 Å². The van der Waals surface area contributed by atoms with Gasteiger partial charge in [-0.15, -0.1) is 11.3 Å². The molecule has 1 N–H and O–H groups in total. The molecule has 19 heavy (non-hydrogen) atoms. The molecule has 104 valence electrons. The molecule has 0 fully saturated rings. The van der Waals surface area contributed by atoms with Gasteiger partial charge in [-0.2, -0.15) is 0 Å². The second-order valence-electron chi connectivity index (χ2n) is 5.16. The van der Waals surface area contributed by atoms with Crippen LogP contribution >= 0.6 is 11.3 Å². The molecule has 2 nitrogen and oxygen atoms in total. The van der Waals surface area contributed by atoms with Gasteiger partial charge in [-0.3, -0.25) is 0 Å². The van der Waals surface area contributed by atoms with Crippen molar-refractivity contribution in [2.24, 2.45) is 0 Å². The molecule has 0 amide bonds. The zero-order valence-corrected chi connectivity index (χ0v) is 13.2. The molecule has 2 rings (SSSR count). The van der Waals surface area contributed by atoms with Gasteiger partial charge in [-0.25, -0.2) is 0 Å². The van der Waals surface area contributed by atoms with E-state index in [4.69, 9.17) is 0 Å². The summed E-state index contributed by atoms with van der Waals surface area (Å²) in [5.74, 6) is 0. The van der Waals surface area contributed by atoms with E-state index in [-0.39, 0.29) is 0 Å². The average Bonchev–Trinajstić information content (AvgIpc) is 2.93. The van der Waals surface area contributed by atoms with E-state index in [9.17, 15) is 0 Å². The van der Waals surface area contributed by atoms with Crippen molar-refractivity contribution in [3.8, 4) is 0 Å². The number of hydrogen-bond acceptors (Lipinski definition) is 2. The van der Waals surface area contributed by atoms with Gasteiger partial charge in [-0.1, -0.05) is 6.92 Å². The summed E-state index contributed by atoms with van der Waals surface area (Å²) in [6.45, 7) is 10.9. The van der Waals surface area contributed by atoms with Crippen molar-refractivity contribution >= 4 is 11.3 Å². The number of aromatic nitrogens is 1. The minimum Gasteiger partial charge on any atom is -0.350 e. The van der Waals surface area contributed by atoms with Crippen LogP contribution in [0.15, 0.2) is 24.4 Å². The monoisotopic (exact) mass is 276 g/mol. The van der Waals surface area contributed by atoms with Crippen LogP contribution in [0.4, 0.5) is 0 Å². The lowest BCUT2D eigenvalue weighted by Crippen LogP contribution is -2.20. The normalized spacial score (nSPS) is 12.8. The van der Waals surface area contributed by atoms with Crippen molar-refractivity contribution in [3.05, 3.63) is 45.4 Å². The zero-order valence-electron chi connectivity index (χ0n) is 12.4. The summed E-state index contributed by atoms with van der Waals surface area (Å²) in [5, 5.41) is 3.64. The standard InChI is InChI=1S/C16H24N2S/c1-5-8-18-9-6-7-15(18)11-17-13(3)16-10-12(2)19-14(16)4/h6-7,9-10,13,17H,5,8,11H2,1-4H3. The molecule has 2 heterocycles. The van der Waals surface area contributed by atoms with E-state index in [1.807, 2.05) is 11.3 Å². The van der Waals surface area contributed by atoms with Crippen molar-refractivity contribution in [2.45, 2.75) is 53.2 Å². The second-order valence-corrected chi connectivity index (χ2v) is 6.62. The second kappa shape index (κ2) is 6.40. The predicted molar refractivity (Wildman–Crippen MR) is 83.8 cm³/mol. The summed E-state index contributed by atoms with van der Waals surface area (Å²) in [5.41, 5.74) is 2.81. The number of nitrogens with zero attached hydrogens (tertiary/aromatic N) is 1. The van der Waals surface area contributed by atoms with Crippen LogP contribution in [-0.2, 0) is 13.1 Å². The molecule has 0 aliphatic rings. The lowest BCUT2D eigenvalue weighted by Gasteiger charge is -2.15. The lowest BCUT2D eigenvalue weighted by molar-refractivity contribution is 0.541. The number of aryl methyl sites for hydroxylation is 3. The highest BCUT2D eigenvalue weighted by molar-refractivity contribution is 7.12. The van der Waals surface area contributed by atoms with Crippen LogP contribution in [0.3, 0.4) is 0 Å². The molecule has 0 saturated heterocycles. The van der Waals surface area contributed by atoms with Gasteiger partial charge in [0.2, 0.25) is 0 Å². The number of hydrogen-bond donors (Lipinski definition) is 1. The van der Waals surface area contributed by atoms with Crippen LogP contribution in [0.2, 0.25) is 0 Å². The molecular formula is C16H24N2S. The maximum absolute atomic E-state index is 3.64. The Hall–Kier alpha value is -1.06. The molecule has 0 aliphatic heterocycles. The number of nitrogens with one attached hydrogen (secondary N) is 1. The summed E-state index contributed by atoms with van der Waals surface area (Å²) >= 11 is 1.89. The number of rotatable bonds is 6. The van der Waals surface area contributed by atoms with Crippen molar-refractivity contribution in [1.29, 1.82) is 0 Å². The molecule has 2 aromatic rings. The molecule has 2 aromatic heterocycles. The third-order valence-corrected chi connectivity index (χ3v) is 4.51. The van der Waals surface area contributed by atoms with E-state index in [0.29, 0.717) is 6.04 Å². The molecule has 0 aliphatic carbocycles. The van der Waals surface area contributed by atoms with Crippen LogP contribution in [0, 0.1) is 13.8 Å². The highest BCUT2D eigenvalue weighted by atomic mass is 32.1. The Bertz CT molecular complexity index is 525. The Morgan fingerprint density at radius 2 is 2.16 bits per heavy atom. The first-order valence-corrected chi connectivity index (χ1v) is 7.87. The van der Waals surface area contributed by atoms with Crippen LogP contribution in [-0.4, -0.2) is 4.57 Å². The highest BCUT2D eigenvalue weighted by Gasteiger charge is 2.11. The van der Waals surface area contributed by atoms with Gasteiger partial charge in [-0.05, 0) is 51.0 Å². The first-order valence-electron chi connectivity index (χ1n) is 7.06. The van der Waals surface area contributed by atoms with Crippen LogP contribution in [0.5, 0.6) is 0 Å². The van der Waals surface area contributed by atoms with Crippen molar-refractivity contribution in [1.82, 2.24) is 9.88 Å². The Morgan fingerprint density at radius 3 is 2.79 bits per heavy atom. The topological polar surface area (TPSA) is 17.0 Å². The average molecular weight is 276 g/mol. The summed E-state index contributed by atoms with van der Waals surface area (Å²) in [6.07, 6.45) is 3.35. The fourth-order valence-electron chi connectivity index (χ4n) is 2.52. The maximum Gasteiger partial charge on any atom is 0.0364 e. The van der Waals surface area contributed by atoms with Gasteiger partial charge in [0, 0.05) is 40.8 Å². The lowest BCUT2D eigenvalue weighted by atomic mass is 10.1. The van der Waals surface area contributed by atoms with E-state index in [1.165, 1.54) is 27.4 Å². The Kier molecular flexibility index (Phi) is 4.83. The van der Waals surface area contributed by atoms with E-state index in [0.717, 1.165) is 13.1 Å². The molecule has 0 radical (unpaired) electrons. The molecule has 1 unspecified atom stereocenters. The summed E-state index contributed by atoms with van der Waals surface area (Å²) in [6, 6.07) is 7.07. The predicted octanol–water partition coefficient (Wildman–Crippen LogP) is 4.43. The van der Waals surface area contributed by atoms with Crippen molar-refractivity contribution < 1.29 is 0 Å². The summed E-state index contributed by atoms with van der Waals surface area (Å²) in [7, 11) is 0. The third kappa shape index (κ3) is 3.48. The third-order valence-electron chi connectivity index (χ3n) is 3.52. The fraction of sp³-hybridized carbons (Fsp3) is 0.500. The molecule has 0 bridgehead atoms. The Balaban J connectivity index is 1.98. The van der Waals surface area contributed by atoms with E-state index >= 15 is 0 Å². The quantitative estimate of drug-likeness (QED) is 0.826. The van der Waals surface area contributed by atoms with Crippen LogP contribution < -0.4 is 5.32 Å². The van der Waals surface area contributed by atoms with Gasteiger partial charge in [0.15, 0.2) is 0 Å². The summed E-state index contributed by atoms with van der Waals surface area (Å²) in [4.78, 5) is 2.83. The van der Waals surface area contributed by atoms with Gasteiger partial charge in [0.05, 0.1) is 0 Å². The van der Waals surface area contributed by atoms with Gasteiger partial charge >= 0.3 is 0 Å². The minimum absolute atomic E-state index is 0.412. The van der Waals surface area contributed by atoms with E-state index < -0.39 is 0 Å². The first kappa shape index (κ1) is 14.4. The minimum atomic E-state index is 0.412. The summed E-state index contributed by atoms with van der Waals surface area (Å²) < 4.78 is 2.34. The largest absolute Gasteiger partial charge is 0.350 e. The van der Waals surface area contributed by atoms with Gasteiger partial charge in [0.1, 0.15) is 0 Å². The molecule has 3 heteroatoms. The van der Waals surface area contributed by atoms with E-state index in [2.05, 4.69) is 62.0 Å². The van der Waals surface area contributed by atoms with Gasteiger partial charge in [0.25, 0.3) is 0 Å². The van der Waals surface area contributed by atoms with Gasteiger partial charge < -0.3 is 9.88 Å². The Morgan fingerprint density at radius 1 is 1.37 bits per heavy atom. The van der Waals surface area contributed by atoms with Crippen molar-refractivity contribution in [2.75, 3.05) is 0 Å². The number of thiophene rings is 1. The molecular weight excluding hydrogens is 252 g/mol. The smallest absolute Gasteiger partial charge is 0.0364 e. The SMILES string of the molecule is CCCn1cccc1CNC(C)c1cc(C)sc1C. The molecule has 0 spiro atoms. The zero-order chi connectivity index (χ0) is 13.8. The molecule has 0 aromatic carbocycles. The van der Waals surface area contributed by atoms with Crippen molar-refractivity contribution in [3.63, 3.8) is 0 Å². The first-order chi connectivity index (χ1) is 9.11. The highest BCUT2D eigenvalue weighted by Crippen LogP contribution is 2.26. The van der Waals surface area contributed by atoms with Crippen LogP contribution in [0.1, 0.15) is 47.3 Å². The molecule has 1 atom stereocenters. The maximum atomic E-state index is 3.64. The Labute approximate surface area is 120 Å². The fourth-order valence-corrected chi connectivity index (χ4v) is 3.54.